The van der Waals surface area contributed by atoms with Crippen molar-refractivity contribution in [2.45, 2.75) is 13.0 Å². The Kier molecular flexibility index (Phi) is 7.20. The standard InChI is InChI=1S/C17H17Cl2N3O4/c18-15-7-2-12(10-16(15)19)11-21(8-1-9-23)17(24)20-13-3-5-14(6-4-13)22(25)26/h2-7,10,23H,1,8-9,11H2,(H,20,24). The van der Waals surface area contributed by atoms with Crippen molar-refractivity contribution in [1.29, 1.82) is 0 Å². The smallest absolute Gasteiger partial charge is 0.322 e. The number of rotatable bonds is 7. The zero-order chi connectivity index (χ0) is 19.1. The molecule has 0 atom stereocenters. The fourth-order valence-corrected chi connectivity index (χ4v) is 2.56. The Morgan fingerprint density at radius 3 is 2.42 bits per heavy atom. The number of nitrogens with zero attached hydrogens (tertiary/aromatic N) is 2. The third-order valence-electron chi connectivity index (χ3n) is 3.56. The Hall–Kier alpha value is -2.35. The van der Waals surface area contributed by atoms with Crippen LogP contribution in [0.25, 0.3) is 0 Å². The number of nitrogens with one attached hydrogen (secondary N) is 1. The zero-order valence-corrected chi connectivity index (χ0v) is 15.2. The second kappa shape index (κ2) is 9.38. The molecule has 0 radical (unpaired) electrons. The maximum Gasteiger partial charge on any atom is 0.322 e. The molecule has 0 unspecified atom stereocenters. The number of hydrogen-bond donors (Lipinski definition) is 2. The Bertz CT molecular complexity index is 784. The van der Waals surface area contributed by atoms with Gasteiger partial charge < -0.3 is 15.3 Å². The van der Waals surface area contributed by atoms with Gasteiger partial charge in [-0.15, -0.1) is 0 Å². The summed E-state index contributed by atoms with van der Waals surface area (Å²) in [6.45, 7) is 0.550. The molecule has 0 heterocycles. The number of halogens is 2. The number of nitro groups is 1. The van der Waals surface area contributed by atoms with E-state index in [1.165, 1.54) is 29.2 Å². The van der Waals surface area contributed by atoms with Gasteiger partial charge in [-0.1, -0.05) is 29.3 Å². The summed E-state index contributed by atoms with van der Waals surface area (Å²) in [5, 5.41) is 23.2. The van der Waals surface area contributed by atoms with Gasteiger partial charge in [0.1, 0.15) is 0 Å². The monoisotopic (exact) mass is 397 g/mol. The lowest BCUT2D eigenvalue weighted by molar-refractivity contribution is -0.384. The minimum atomic E-state index is -0.510. The van der Waals surface area contributed by atoms with Gasteiger partial charge in [-0.25, -0.2) is 4.79 Å². The summed E-state index contributed by atoms with van der Waals surface area (Å²) >= 11 is 11.9. The van der Waals surface area contributed by atoms with Crippen LogP contribution in [0.4, 0.5) is 16.2 Å². The number of anilines is 1. The molecule has 2 aromatic rings. The molecule has 26 heavy (non-hydrogen) atoms. The van der Waals surface area contributed by atoms with Crippen LogP contribution < -0.4 is 5.32 Å². The third kappa shape index (κ3) is 5.59. The number of hydrogen-bond acceptors (Lipinski definition) is 4. The molecule has 0 saturated carbocycles. The fourth-order valence-electron chi connectivity index (χ4n) is 2.24. The number of urea groups is 1. The van der Waals surface area contributed by atoms with Crippen LogP contribution in [0, 0.1) is 10.1 Å². The van der Waals surface area contributed by atoms with E-state index in [0.29, 0.717) is 28.7 Å². The Labute approximate surface area is 160 Å². The number of carbonyl (C=O) groups excluding carboxylic acids is 1. The van der Waals surface area contributed by atoms with Crippen molar-refractivity contribution >= 4 is 40.6 Å². The predicted molar refractivity (Wildman–Crippen MR) is 101 cm³/mol. The first-order valence-electron chi connectivity index (χ1n) is 7.76. The van der Waals surface area contributed by atoms with E-state index in [2.05, 4.69) is 5.32 Å². The first-order chi connectivity index (χ1) is 12.4. The first kappa shape index (κ1) is 20.0. The number of benzene rings is 2. The van der Waals surface area contributed by atoms with Gasteiger partial charge in [-0.3, -0.25) is 10.1 Å². The van der Waals surface area contributed by atoms with Gasteiger partial charge in [0, 0.05) is 37.5 Å². The summed E-state index contributed by atoms with van der Waals surface area (Å²) in [5.74, 6) is 0. The second-order valence-electron chi connectivity index (χ2n) is 5.48. The molecule has 0 spiro atoms. The average Bonchev–Trinajstić information content (AvgIpc) is 2.62. The molecule has 0 fully saturated rings. The van der Waals surface area contributed by atoms with Crippen LogP contribution in [-0.4, -0.2) is 34.1 Å². The van der Waals surface area contributed by atoms with Crippen molar-refractivity contribution in [3.8, 4) is 0 Å². The van der Waals surface area contributed by atoms with Gasteiger partial charge in [-0.05, 0) is 36.2 Å². The minimum Gasteiger partial charge on any atom is -0.396 e. The van der Waals surface area contributed by atoms with Gasteiger partial charge in [0.25, 0.3) is 5.69 Å². The van der Waals surface area contributed by atoms with Crippen molar-refractivity contribution in [2.24, 2.45) is 0 Å². The normalized spacial score (nSPS) is 10.4. The molecule has 0 aliphatic heterocycles. The predicted octanol–water partition coefficient (Wildman–Crippen LogP) is 4.32. The number of amides is 2. The Morgan fingerprint density at radius 2 is 1.85 bits per heavy atom. The van der Waals surface area contributed by atoms with Crippen LogP contribution in [0.3, 0.4) is 0 Å². The molecule has 2 amide bonds. The number of nitro benzene ring substituents is 1. The summed E-state index contributed by atoms with van der Waals surface area (Å²) in [7, 11) is 0. The van der Waals surface area contributed by atoms with Crippen molar-refractivity contribution in [3.63, 3.8) is 0 Å². The lowest BCUT2D eigenvalue weighted by Gasteiger charge is -2.23. The van der Waals surface area contributed by atoms with E-state index in [0.717, 1.165) is 5.56 Å². The summed E-state index contributed by atoms with van der Waals surface area (Å²) < 4.78 is 0. The molecule has 0 aromatic heterocycles. The third-order valence-corrected chi connectivity index (χ3v) is 4.30. The van der Waals surface area contributed by atoms with Crippen LogP contribution in [0.2, 0.25) is 10.0 Å². The van der Waals surface area contributed by atoms with Crippen molar-refractivity contribution in [2.75, 3.05) is 18.5 Å². The van der Waals surface area contributed by atoms with Gasteiger partial charge in [0.05, 0.1) is 15.0 Å². The van der Waals surface area contributed by atoms with Gasteiger partial charge in [0.2, 0.25) is 0 Å². The second-order valence-corrected chi connectivity index (χ2v) is 6.30. The highest BCUT2D eigenvalue weighted by atomic mass is 35.5. The first-order valence-corrected chi connectivity index (χ1v) is 8.51. The molecular weight excluding hydrogens is 381 g/mol. The molecule has 2 rings (SSSR count). The lowest BCUT2D eigenvalue weighted by atomic mass is 10.2. The highest BCUT2D eigenvalue weighted by Crippen LogP contribution is 2.23. The maximum absolute atomic E-state index is 12.5. The number of aliphatic hydroxyl groups is 1. The van der Waals surface area contributed by atoms with Crippen molar-refractivity contribution < 1.29 is 14.8 Å². The van der Waals surface area contributed by atoms with E-state index in [1.807, 2.05) is 0 Å². The van der Waals surface area contributed by atoms with E-state index in [4.69, 9.17) is 28.3 Å². The topological polar surface area (TPSA) is 95.7 Å². The lowest BCUT2D eigenvalue weighted by Crippen LogP contribution is -2.35. The fraction of sp³-hybridized carbons (Fsp3) is 0.235. The molecular formula is C17H17Cl2N3O4. The zero-order valence-electron chi connectivity index (χ0n) is 13.7. The molecule has 0 aliphatic rings. The van der Waals surface area contributed by atoms with Crippen LogP contribution in [0.1, 0.15) is 12.0 Å². The summed E-state index contributed by atoms with van der Waals surface area (Å²) in [5.41, 5.74) is 1.16. The summed E-state index contributed by atoms with van der Waals surface area (Å²) in [6, 6.07) is 10.2. The average molecular weight is 398 g/mol. The van der Waals surface area contributed by atoms with Crippen LogP contribution in [0.5, 0.6) is 0 Å². The highest BCUT2D eigenvalue weighted by molar-refractivity contribution is 6.42. The van der Waals surface area contributed by atoms with Crippen LogP contribution in [0.15, 0.2) is 42.5 Å². The maximum atomic E-state index is 12.5. The number of carbonyl (C=O) groups is 1. The molecule has 0 saturated heterocycles. The number of non-ortho nitro benzene ring substituents is 1. The molecule has 2 aromatic carbocycles. The minimum absolute atomic E-state index is 0.0529. The van der Waals surface area contributed by atoms with Crippen molar-refractivity contribution in [1.82, 2.24) is 4.90 Å². The molecule has 9 heteroatoms. The van der Waals surface area contributed by atoms with Crippen LogP contribution in [-0.2, 0) is 6.54 Å². The van der Waals surface area contributed by atoms with E-state index in [-0.39, 0.29) is 18.8 Å². The molecule has 7 nitrogen and oxygen atoms in total. The summed E-state index contributed by atoms with van der Waals surface area (Å²) in [4.78, 5) is 24.2. The van der Waals surface area contributed by atoms with Crippen LogP contribution >= 0.6 is 23.2 Å². The van der Waals surface area contributed by atoms with E-state index >= 15 is 0 Å². The Balaban J connectivity index is 2.10. The highest BCUT2D eigenvalue weighted by Gasteiger charge is 2.15. The van der Waals surface area contributed by atoms with E-state index in [9.17, 15) is 14.9 Å². The van der Waals surface area contributed by atoms with Gasteiger partial charge in [0.15, 0.2) is 0 Å². The molecule has 0 aliphatic carbocycles. The quantitative estimate of drug-likeness (QED) is 0.536. The van der Waals surface area contributed by atoms with Crippen molar-refractivity contribution in [3.05, 3.63) is 68.2 Å². The van der Waals surface area contributed by atoms with Gasteiger partial charge in [-0.2, -0.15) is 0 Å². The molecule has 0 bridgehead atoms. The number of aliphatic hydroxyl groups excluding tert-OH is 1. The van der Waals surface area contributed by atoms with Gasteiger partial charge >= 0.3 is 6.03 Å². The SMILES string of the molecule is O=C(Nc1ccc([N+](=O)[O-])cc1)N(CCCO)Cc1ccc(Cl)c(Cl)c1. The van der Waals surface area contributed by atoms with E-state index < -0.39 is 11.0 Å². The largest absolute Gasteiger partial charge is 0.396 e. The molecule has 138 valence electrons. The Morgan fingerprint density at radius 1 is 1.15 bits per heavy atom. The summed E-state index contributed by atoms with van der Waals surface area (Å²) in [6.07, 6.45) is 0.412. The van der Waals surface area contributed by atoms with E-state index in [1.54, 1.807) is 18.2 Å². The molecule has 2 N–H and O–H groups in total.